The van der Waals surface area contributed by atoms with Gasteiger partial charge in [-0.25, -0.2) is 0 Å². The van der Waals surface area contributed by atoms with E-state index in [1.165, 1.54) is 30.6 Å². The Bertz CT molecular complexity index is 626. The van der Waals surface area contributed by atoms with Crippen LogP contribution in [0.25, 0.3) is 0 Å². The first-order valence-corrected chi connectivity index (χ1v) is 7.34. The zero-order valence-corrected chi connectivity index (χ0v) is 12.6. The van der Waals surface area contributed by atoms with E-state index in [2.05, 4.69) is 0 Å². The molecule has 1 aromatic heterocycles. The van der Waals surface area contributed by atoms with Crippen molar-refractivity contribution in [1.29, 1.82) is 0 Å². The summed E-state index contributed by atoms with van der Waals surface area (Å²) in [5.41, 5.74) is 0.837. The number of thiophene rings is 1. The van der Waals surface area contributed by atoms with Crippen LogP contribution in [0, 0.1) is 0 Å². The lowest BCUT2D eigenvalue weighted by Crippen LogP contribution is -2.38. The van der Waals surface area contributed by atoms with Crippen LogP contribution in [0.3, 0.4) is 0 Å². The molecule has 0 saturated heterocycles. The Balaban J connectivity index is 2.24. The number of hydrogen-bond acceptors (Lipinski definition) is 3. The van der Waals surface area contributed by atoms with Gasteiger partial charge >= 0.3 is 6.18 Å². The smallest absolute Gasteiger partial charge is 0.406 e. The maximum absolute atomic E-state index is 12.7. The number of carbonyl (C=O) groups excluding carboxylic acids is 1. The molecule has 0 fully saturated rings. The number of amides is 1. The largest absolute Gasteiger partial charge is 0.497 e. The highest BCUT2D eigenvalue weighted by Gasteiger charge is 2.33. The van der Waals surface area contributed by atoms with Gasteiger partial charge in [-0.3, -0.25) is 4.79 Å². The number of rotatable bonds is 5. The first kappa shape index (κ1) is 16.4. The molecule has 0 atom stereocenters. The van der Waals surface area contributed by atoms with Crippen LogP contribution in [0.5, 0.6) is 5.75 Å². The fraction of sp³-hybridized carbons (Fsp3) is 0.267. The lowest BCUT2D eigenvalue weighted by atomic mass is 10.1. The molecule has 0 N–H and O–H groups in total. The number of benzene rings is 1. The van der Waals surface area contributed by atoms with E-state index in [0.717, 1.165) is 4.90 Å². The van der Waals surface area contributed by atoms with Crippen molar-refractivity contribution in [3.8, 4) is 5.75 Å². The highest BCUT2D eigenvalue weighted by Crippen LogP contribution is 2.22. The molecule has 2 rings (SSSR count). The lowest BCUT2D eigenvalue weighted by molar-refractivity contribution is -0.141. The molecule has 1 heterocycles. The van der Waals surface area contributed by atoms with Crippen molar-refractivity contribution in [2.24, 2.45) is 0 Å². The Hall–Kier alpha value is -2.02. The van der Waals surface area contributed by atoms with Crippen LogP contribution in [0.1, 0.15) is 15.9 Å². The molecule has 1 aromatic carbocycles. The van der Waals surface area contributed by atoms with Crippen LogP contribution >= 0.6 is 11.3 Å². The predicted molar refractivity (Wildman–Crippen MR) is 78.1 cm³/mol. The maximum Gasteiger partial charge on any atom is 0.406 e. The van der Waals surface area contributed by atoms with Gasteiger partial charge in [-0.15, -0.1) is 0 Å². The summed E-state index contributed by atoms with van der Waals surface area (Å²) in [6.45, 7) is -1.38. The zero-order valence-electron chi connectivity index (χ0n) is 11.8. The molecule has 22 heavy (non-hydrogen) atoms. The molecular formula is C15H14F3NO2S. The average molecular weight is 329 g/mol. The first-order valence-electron chi connectivity index (χ1n) is 6.40. The van der Waals surface area contributed by atoms with Crippen molar-refractivity contribution < 1.29 is 22.7 Å². The van der Waals surface area contributed by atoms with Crippen LogP contribution in [-0.4, -0.2) is 30.6 Å². The van der Waals surface area contributed by atoms with Gasteiger partial charge in [0.1, 0.15) is 12.3 Å². The van der Waals surface area contributed by atoms with Crippen LogP contribution < -0.4 is 4.74 Å². The highest BCUT2D eigenvalue weighted by atomic mass is 32.1. The molecule has 0 saturated carbocycles. The number of nitrogens with zero attached hydrogens (tertiary/aromatic N) is 1. The molecule has 0 aliphatic rings. The minimum absolute atomic E-state index is 0.0843. The number of methoxy groups -OCH3 is 1. The summed E-state index contributed by atoms with van der Waals surface area (Å²) in [7, 11) is 1.43. The van der Waals surface area contributed by atoms with Gasteiger partial charge in [0.2, 0.25) is 0 Å². The molecule has 0 spiro atoms. The molecular weight excluding hydrogens is 315 g/mol. The van der Waals surface area contributed by atoms with Gasteiger partial charge in [0, 0.05) is 12.1 Å². The predicted octanol–water partition coefficient (Wildman–Crippen LogP) is 3.96. The van der Waals surface area contributed by atoms with E-state index < -0.39 is 18.6 Å². The van der Waals surface area contributed by atoms with Gasteiger partial charge in [0.25, 0.3) is 5.91 Å². The molecule has 3 nitrogen and oxygen atoms in total. The molecule has 1 amide bonds. The molecule has 0 radical (unpaired) electrons. The molecule has 118 valence electrons. The van der Waals surface area contributed by atoms with Gasteiger partial charge in [0.15, 0.2) is 0 Å². The second-order valence-electron chi connectivity index (χ2n) is 4.64. The van der Waals surface area contributed by atoms with Crippen molar-refractivity contribution in [2.45, 2.75) is 12.7 Å². The van der Waals surface area contributed by atoms with Crippen molar-refractivity contribution in [3.05, 3.63) is 52.2 Å². The molecule has 0 aliphatic carbocycles. The molecule has 7 heteroatoms. The Morgan fingerprint density at radius 1 is 1.32 bits per heavy atom. The normalized spacial score (nSPS) is 11.3. The third kappa shape index (κ3) is 4.49. The number of halogens is 3. The SMILES string of the molecule is COc1cccc(C(=O)N(Cc2ccsc2)CC(F)(F)F)c1. The van der Waals surface area contributed by atoms with Crippen LogP contribution in [0.15, 0.2) is 41.1 Å². The number of alkyl halides is 3. The van der Waals surface area contributed by atoms with Gasteiger partial charge in [0.05, 0.1) is 7.11 Å². The van der Waals surface area contributed by atoms with E-state index in [1.807, 2.05) is 0 Å². The monoisotopic (exact) mass is 329 g/mol. The number of carbonyl (C=O) groups is 1. The summed E-state index contributed by atoms with van der Waals surface area (Å²) in [6, 6.07) is 7.81. The van der Waals surface area contributed by atoms with Gasteiger partial charge in [-0.1, -0.05) is 6.07 Å². The minimum Gasteiger partial charge on any atom is -0.497 e. The van der Waals surface area contributed by atoms with Gasteiger partial charge < -0.3 is 9.64 Å². The Morgan fingerprint density at radius 2 is 2.09 bits per heavy atom. The summed E-state index contributed by atoms with van der Waals surface area (Å²) < 4.78 is 43.2. The van der Waals surface area contributed by atoms with E-state index in [9.17, 15) is 18.0 Å². The average Bonchev–Trinajstić information content (AvgIpc) is 2.97. The second-order valence-corrected chi connectivity index (χ2v) is 5.42. The van der Waals surface area contributed by atoms with Crippen molar-refractivity contribution in [1.82, 2.24) is 4.90 Å². The van der Waals surface area contributed by atoms with Crippen molar-refractivity contribution in [3.63, 3.8) is 0 Å². The van der Waals surface area contributed by atoms with Crippen LogP contribution in [-0.2, 0) is 6.54 Å². The van der Waals surface area contributed by atoms with E-state index in [-0.39, 0.29) is 12.1 Å². The first-order chi connectivity index (χ1) is 10.4. The summed E-state index contributed by atoms with van der Waals surface area (Å²) in [5, 5.41) is 3.49. The van der Waals surface area contributed by atoms with Crippen LogP contribution in [0.4, 0.5) is 13.2 Å². The van der Waals surface area contributed by atoms with Crippen molar-refractivity contribution in [2.75, 3.05) is 13.7 Å². The zero-order chi connectivity index (χ0) is 16.2. The standard InChI is InChI=1S/C15H14F3NO2S/c1-21-13-4-2-3-12(7-13)14(20)19(10-15(16,17)18)8-11-5-6-22-9-11/h2-7,9H,8,10H2,1H3. The Kier molecular flexibility index (Phi) is 5.07. The topological polar surface area (TPSA) is 29.5 Å². The maximum atomic E-state index is 12.7. The molecule has 0 bridgehead atoms. The molecule has 0 aliphatic heterocycles. The quantitative estimate of drug-likeness (QED) is 0.831. The number of ether oxygens (including phenoxy) is 1. The van der Waals surface area contributed by atoms with E-state index in [4.69, 9.17) is 4.74 Å². The lowest BCUT2D eigenvalue weighted by Gasteiger charge is -2.24. The Labute approximate surface area is 129 Å². The summed E-state index contributed by atoms with van der Waals surface area (Å²) in [4.78, 5) is 13.2. The highest BCUT2D eigenvalue weighted by molar-refractivity contribution is 7.07. The van der Waals surface area contributed by atoms with E-state index >= 15 is 0 Å². The van der Waals surface area contributed by atoms with Crippen LogP contribution in [0.2, 0.25) is 0 Å². The van der Waals surface area contributed by atoms with Gasteiger partial charge in [-0.2, -0.15) is 24.5 Å². The molecule has 2 aromatic rings. The summed E-state index contributed by atoms with van der Waals surface area (Å²) >= 11 is 1.37. The third-order valence-corrected chi connectivity index (χ3v) is 3.66. The minimum atomic E-state index is -4.45. The van der Waals surface area contributed by atoms with Gasteiger partial charge in [-0.05, 0) is 40.6 Å². The Morgan fingerprint density at radius 3 is 2.68 bits per heavy atom. The summed E-state index contributed by atoms with van der Waals surface area (Å²) in [5.74, 6) is -0.254. The van der Waals surface area contributed by atoms with Crippen molar-refractivity contribution >= 4 is 17.2 Å². The number of hydrogen-bond donors (Lipinski definition) is 0. The fourth-order valence-corrected chi connectivity index (χ4v) is 2.62. The third-order valence-electron chi connectivity index (χ3n) is 2.93. The molecule has 0 unspecified atom stereocenters. The van der Waals surface area contributed by atoms with E-state index in [0.29, 0.717) is 11.3 Å². The fourth-order valence-electron chi connectivity index (χ4n) is 1.96. The van der Waals surface area contributed by atoms with E-state index in [1.54, 1.807) is 29.0 Å². The summed E-state index contributed by atoms with van der Waals surface area (Å²) in [6.07, 6.45) is -4.45. The second kappa shape index (κ2) is 6.83.